The first-order valence-electron chi connectivity index (χ1n) is 7.32. The van der Waals surface area contributed by atoms with Crippen LogP contribution in [0.3, 0.4) is 0 Å². The predicted octanol–water partition coefficient (Wildman–Crippen LogP) is 2.85. The Balaban J connectivity index is 1.53. The number of aryl methyl sites for hydroxylation is 1. The van der Waals surface area contributed by atoms with Gasteiger partial charge >= 0.3 is 0 Å². The summed E-state index contributed by atoms with van der Waals surface area (Å²) in [4.78, 5) is 11.1. The molecule has 3 heterocycles. The van der Waals surface area contributed by atoms with Crippen molar-refractivity contribution in [2.45, 2.75) is 26.3 Å². The molecule has 1 atom stereocenters. The standard InChI is InChI=1S/C17H21N3/c1-14-2-3-17(19-11-14)10-16-6-9-20(13-16)12-15-4-7-18-8-5-15/h2-5,7-8,11,16H,6,9-10,12-13H2,1H3/t16-/m1/s1. The minimum absolute atomic E-state index is 0.743. The molecule has 104 valence electrons. The van der Waals surface area contributed by atoms with Gasteiger partial charge in [-0.2, -0.15) is 0 Å². The molecule has 0 N–H and O–H groups in total. The molecular weight excluding hydrogens is 246 g/mol. The molecule has 0 aliphatic carbocycles. The largest absolute Gasteiger partial charge is 0.299 e. The molecule has 0 aromatic carbocycles. The minimum atomic E-state index is 0.743. The van der Waals surface area contributed by atoms with Crippen molar-refractivity contribution in [2.24, 2.45) is 5.92 Å². The summed E-state index contributed by atoms with van der Waals surface area (Å²) < 4.78 is 0. The van der Waals surface area contributed by atoms with Crippen molar-refractivity contribution >= 4 is 0 Å². The van der Waals surface area contributed by atoms with E-state index in [1.54, 1.807) is 0 Å². The van der Waals surface area contributed by atoms with E-state index in [1.807, 2.05) is 18.6 Å². The fourth-order valence-corrected chi connectivity index (χ4v) is 2.88. The minimum Gasteiger partial charge on any atom is -0.299 e. The molecule has 1 aliphatic heterocycles. The zero-order chi connectivity index (χ0) is 13.8. The fraction of sp³-hybridized carbons (Fsp3) is 0.412. The third-order valence-electron chi connectivity index (χ3n) is 4.00. The lowest BCUT2D eigenvalue weighted by Crippen LogP contribution is -2.20. The number of pyridine rings is 2. The van der Waals surface area contributed by atoms with E-state index in [2.05, 4.69) is 46.1 Å². The molecule has 0 saturated carbocycles. The Hall–Kier alpha value is -1.74. The Morgan fingerprint density at radius 1 is 1.20 bits per heavy atom. The second-order valence-corrected chi connectivity index (χ2v) is 5.78. The van der Waals surface area contributed by atoms with Crippen molar-refractivity contribution in [3.05, 3.63) is 59.7 Å². The zero-order valence-electron chi connectivity index (χ0n) is 12.0. The summed E-state index contributed by atoms with van der Waals surface area (Å²) in [5.74, 6) is 0.743. The van der Waals surface area contributed by atoms with E-state index < -0.39 is 0 Å². The normalized spacial score (nSPS) is 19.4. The predicted molar refractivity (Wildman–Crippen MR) is 80.3 cm³/mol. The van der Waals surface area contributed by atoms with Crippen LogP contribution in [0.1, 0.15) is 23.2 Å². The molecule has 2 aromatic heterocycles. The van der Waals surface area contributed by atoms with Crippen LogP contribution in [0, 0.1) is 12.8 Å². The van der Waals surface area contributed by atoms with Crippen molar-refractivity contribution in [2.75, 3.05) is 13.1 Å². The summed E-state index contributed by atoms with van der Waals surface area (Å²) in [6, 6.07) is 8.54. The Kier molecular flexibility index (Phi) is 4.07. The fourth-order valence-electron chi connectivity index (χ4n) is 2.88. The highest BCUT2D eigenvalue weighted by molar-refractivity contribution is 5.13. The molecule has 0 unspecified atom stereocenters. The van der Waals surface area contributed by atoms with Gasteiger partial charge in [-0.05, 0) is 61.6 Å². The van der Waals surface area contributed by atoms with Crippen LogP contribution in [0.4, 0.5) is 0 Å². The SMILES string of the molecule is Cc1ccc(C[C@H]2CCN(Cc3ccncc3)C2)nc1. The lowest BCUT2D eigenvalue weighted by Gasteiger charge is -2.15. The van der Waals surface area contributed by atoms with E-state index in [-0.39, 0.29) is 0 Å². The lowest BCUT2D eigenvalue weighted by atomic mass is 10.0. The molecule has 1 fully saturated rings. The Morgan fingerprint density at radius 3 is 2.80 bits per heavy atom. The van der Waals surface area contributed by atoms with Crippen molar-refractivity contribution in [1.82, 2.24) is 14.9 Å². The van der Waals surface area contributed by atoms with Gasteiger partial charge in [0, 0.05) is 37.4 Å². The Morgan fingerprint density at radius 2 is 2.05 bits per heavy atom. The maximum absolute atomic E-state index is 4.52. The van der Waals surface area contributed by atoms with Gasteiger partial charge in [-0.25, -0.2) is 0 Å². The van der Waals surface area contributed by atoms with Gasteiger partial charge in [0.15, 0.2) is 0 Å². The summed E-state index contributed by atoms with van der Waals surface area (Å²) in [6.07, 6.45) is 8.10. The highest BCUT2D eigenvalue weighted by Crippen LogP contribution is 2.21. The topological polar surface area (TPSA) is 29.0 Å². The molecule has 1 saturated heterocycles. The monoisotopic (exact) mass is 267 g/mol. The zero-order valence-corrected chi connectivity index (χ0v) is 12.0. The van der Waals surface area contributed by atoms with Gasteiger partial charge in [0.25, 0.3) is 0 Å². The molecule has 1 aliphatic rings. The van der Waals surface area contributed by atoms with Gasteiger partial charge < -0.3 is 0 Å². The molecule has 20 heavy (non-hydrogen) atoms. The maximum Gasteiger partial charge on any atom is 0.0407 e. The number of nitrogens with zero attached hydrogens (tertiary/aromatic N) is 3. The van der Waals surface area contributed by atoms with Crippen molar-refractivity contribution < 1.29 is 0 Å². The number of rotatable bonds is 4. The third-order valence-corrected chi connectivity index (χ3v) is 4.00. The van der Waals surface area contributed by atoms with Gasteiger partial charge in [-0.15, -0.1) is 0 Å². The molecule has 0 radical (unpaired) electrons. The van der Waals surface area contributed by atoms with Gasteiger partial charge in [0.1, 0.15) is 0 Å². The third kappa shape index (κ3) is 3.42. The molecular formula is C17H21N3. The maximum atomic E-state index is 4.52. The van der Waals surface area contributed by atoms with Crippen molar-refractivity contribution in [3.8, 4) is 0 Å². The number of hydrogen-bond donors (Lipinski definition) is 0. The van der Waals surface area contributed by atoms with Crippen LogP contribution in [0.2, 0.25) is 0 Å². The van der Waals surface area contributed by atoms with Crippen LogP contribution >= 0.6 is 0 Å². The Bertz CT molecular complexity index is 536. The quantitative estimate of drug-likeness (QED) is 0.853. The summed E-state index contributed by atoms with van der Waals surface area (Å²) in [5, 5.41) is 0. The highest BCUT2D eigenvalue weighted by Gasteiger charge is 2.22. The van der Waals surface area contributed by atoms with Crippen molar-refractivity contribution in [3.63, 3.8) is 0 Å². The van der Waals surface area contributed by atoms with Gasteiger partial charge in [0.2, 0.25) is 0 Å². The molecule has 3 nitrogen and oxygen atoms in total. The Labute approximate surface area is 120 Å². The van der Waals surface area contributed by atoms with Crippen LogP contribution < -0.4 is 0 Å². The van der Waals surface area contributed by atoms with Crippen molar-refractivity contribution in [1.29, 1.82) is 0 Å². The smallest absolute Gasteiger partial charge is 0.0407 e. The van der Waals surface area contributed by atoms with E-state index in [1.165, 1.54) is 36.3 Å². The first kappa shape index (κ1) is 13.3. The van der Waals surface area contributed by atoms with Crippen LogP contribution in [-0.4, -0.2) is 28.0 Å². The van der Waals surface area contributed by atoms with Crippen LogP contribution in [0.25, 0.3) is 0 Å². The summed E-state index contributed by atoms with van der Waals surface area (Å²) in [5.41, 5.74) is 3.82. The number of hydrogen-bond acceptors (Lipinski definition) is 3. The van der Waals surface area contributed by atoms with E-state index in [4.69, 9.17) is 0 Å². The lowest BCUT2D eigenvalue weighted by molar-refractivity contribution is 0.316. The first-order chi connectivity index (χ1) is 9.79. The van der Waals surface area contributed by atoms with E-state index in [0.717, 1.165) is 18.9 Å². The average molecular weight is 267 g/mol. The van der Waals surface area contributed by atoms with E-state index in [0.29, 0.717) is 0 Å². The van der Waals surface area contributed by atoms with Crippen LogP contribution in [0.5, 0.6) is 0 Å². The van der Waals surface area contributed by atoms with Gasteiger partial charge in [-0.1, -0.05) is 6.07 Å². The van der Waals surface area contributed by atoms with Gasteiger partial charge in [0.05, 0.1) is 0 Å². The average Bonchev–Trinajstić information content (AvgIpc) is 2.90. The van der Waals surface area contributed by atoms with Crippen LogP contribution in [-0.2, 0) is 13.0 Å². The summed E-state index contributed by atoms with van der Waals surface area (Å²) in [6.45, 7) is 5.50. The van der Waals surface area contributed by atoms with Gasteiger partial charge in [-0.3, -0.25) is 14.9 Å². The molecule has 0 bridgehead atoms. The van der Waals surface area contributed by atoms with Crippen LogP contribution in [0.15, 0.2) is 42.9 Å². The molecule has 3 heteroatoms. The summed E-state index contributed by atoms with van der Waals surface area (Å²) >= 11 is 0. The van der Waals surface area contributed by atoms with E-state index in [9.17, 15) is 0 Å². The summed E-state index contributed by atoms with van der Waals surface area (Å²) in [7, 11) is 0. The molecule has 0 amide bonds. The second-order valence-electron chi connectivity index (χ2n) is 5.78. The number of aromatic nitrogens is 2. The first-order valence-corrected chi connectivity index (χ1v) is 7.32. The molecule has 0 spiro atoms. The molecule has 3 rings (SSSR count). The molecule has 2 aromatic rings. The van der Waals surface area contributed by atoms with E-state index >= 15 is 0 Å². The second kappa shape index (κ2) is 6.14. The number of likely N-dealkylation sites (tertiary alicyclic amines) is 1. The highest BCUT2D eigenvalue weighted by atomic mass is 15.1.